The molecule has 9 nitrogen and oxygen atoms in total. The van der Waals surface area contributed by atoms with E-state index in [1.807, 2.05) is 12.1 Å². The molecule has 0 bridgehead atoms. The van der Waals surface area contributed by atoms with Gasteiger partial charge in [0.2, 0.25) is 9.84 Å². The topological polar surface area (TPSA) is 141 Å². The second kappa shape index (κ2) is 7.38. The molecule has 0 saturated carbocycles. The fourth-order valence-corrected chi connectivity index (χ4v) is 7.07. The predicted octanol–water partition coefficient (Wildman–Crippen LogP) is 2.83. The Balaban J connectivity index is 1.71. The third kappa shape index (κ3) is 3.63. The number of ketones is 1. The number of carbonyl (C=O) groups excluding carboxylic acids is 1. The summed E-state index contributed by atoms with van der Waals surface area (Å²) in [6.07, 6.45) is 1.24. The van der Waals surface area contributed by atoms with Crippen LogP contribution in [-0.2, 0) is 24.7 Å². The van der Waals surface area contributed by atoms with Gasteiger partial charge in [-0.15, -0.1) is 0 Å². The van der Waals surface area contributed by atoms with Crippen molar-refractivity contribution < 1.29 is 26.6 Å². The van der Waals surface area contributed by atoms with E-state index in [4.69, 9.17) is 0 Å². The van der Waals surface area contributed by atoms with Crippen molar-refractivity contribution in [3.05, 3.63) is 79.7 Å². The van der Waals surface area contributed by atoms with E-state index in [2.05, 4.69) is 4.72 Å². The number of rotatable bonds is 6. The lowest BCUT2D eigenvalue weighted by molar-refractivity contribution is -0.458. The lowest BCUT2D eigenvalue weighted by Crippen LogP contribution is -2.24. The number of benzene rings is 2. The molecule has 0 unspecified atom stereocenters. The number of hydrogen-bond acceptors (Lipinski definition) is 7. The molecule has 2 aromatic carbocycles. The van der Waals surface area contributed by atoms with Crippen LogP contribution in [0.15, 0.2) is 52.3 Å². The van der Waals surface area contributed by atoms with Crippen molar-refractivity contribution in [1.29, 1.82) is 0 Å². The number of allylic oxidation sites excluding steroid dienone is 3. The number of carbonyl (C=O) groups is 1. The van der Waals surface area contributed by atoms with E-state index in [-0.39, 0.29) is 38.8 Å². The molecule has 0 amide bonds. The summed E-state index contributed by atoms with van der Waals surface area (Å²) in [4.78, 5) is 21.6. The van der Waals surface area contributed by atoms with Crippen LogP contribution in [0.3, 0.4) is 0 Å². The lowest BCUT2D eigenvalue weighted by atomic mass is 9.75. The molecule has 0 saturated heterocycles. The molecular weight excluding hydrogens is 456 g/mol. The standard InChI is InChI=1S/C21H18N2O7S2/c1-12-7-14(8-13(2)21(12)31(27,28)11-23(25)26)22-32(29,30)19-10-15(24)9-18-16-5-3-4-6-17(16)20(18)19/h3-8,10,22H,9,11H2,1-2H3. The Labute approximate surface area is 184 Å². The van der Waals surface area contributed by atoms with E-state index in [1.54, 1.807) is 12.1 Å². The summed E-state index contributed by atoms with van der Waals surface area (Å²) < 4.78 is 53.4. The minimum Gasteiger partial charge on any atom is -0.294 e. The summed E-state index contributed by atoms with van der Waals surface area (Å²) in [5.74, 6) is -1.59. The van der Waals surface area contributed by atoms with Crippen LogP contribution >= 0.6 is 0 Å². The van der Waals surface area contributed by atoms with E-state index >= 15 is 0 Å². The van der Waals surface area contributed by atoms with Crippen molar-refractivity contribution in [2.75, 3.05) is 10.6 Å². The van der Waals surface area contributed by atoms with Gasteiger partial charge in [-0.25, -0.2) is 16.8 Å². The van der Waals surface area contributed by atoms with E-state index in [9.17, 15) is 31.7 Å². The molecule has 0 fully saturated rings. The molecule has 0 spiro atoms. The van der Waals surface area contributed by atoms with Gasteiger partial charge in [-0.3, -0.25) is 19.6 Å². The molecule has 2 aliphatic carbocycles. The maximum absolute atomic E-state index is 13.2. The zero-order valence-electron chi connectivity index (χ0n) is 17.1. The molecule has 11 heteroatoms. The van der Waals surface area contributed by atoms with Gasteiger partial charge in [0.1, 0.15) is 0 Å². The average Bonchev–Trinajstić information content (AvgIpc) is 2.63. The Morgan fingerprint density at radius 1 is 1.03 bits per heavy atom. The third-order valence-electron chi connectivity index (χ3n) is 5.30. The Kier molecular flexibility index (Phi) is 5.05. The van der Waals surface area contributed by atoms with Crippen molar-refractivity contribution >= 4 is 42.5 Å². The van der Waals surface area contributed by atoms with E-state index in [1.165, 1.54) is 26.0 Å². The number of nitrogens with zero attached hydrogens (tertiary/aromatic N) is 1. The fraction of sp³-hybridized carbons (Fsp3) is 0.190. The highest BCUT2D eigenvalue weighted by molar-refractivity contribution is 7.97. The minimum absolute atomic E-state index is 0.0914. The minimum atomic E-state index is -4.19. The van der Waals surface area contributed by atoms with Crippen LogP contribution in [0.4, 0.5) is 5.69 Å². The molecule has 32 heavy (non-hydrogen) atoms. The van der Waals surface area contributed by atoms with Crippen LogP contribution < -0.4 is 4.72 Å². The summed E-state index contributed by atoms with van der Waals surface area (Å²) in [5, 5.41) is 10.7. The van der Waals surface area contributed by atoms with Crippen LogP contribution in [-0.4, -0.2) is 33.4 Å². The maximum Gasteiger partial charge on any atom is 0.305 e. The number of hydrogen-bond donors (Lipinski definition) is 1. The van der Waals surface area contributed by atoms with Crippen LogP contribution in [0.2, 0.25) is 0 Å². The molecule has 1 N–H and O–H groups in total. The summed E-state index contributed by atoms with van der Waals surface area (Å²) in [7, 11) is -8.36. The average molecular weight is 475 g/mol. The number of sulfone groups is 1. The van der Waals surface area contributed by atoms with Crippen molar-refractivity contribution in [2.24, 2.45) is 0 Å². The first-order valence-electron chi connectivity index (χ1n) is 9.47. The van der Waals surface area contributed by atoms with E-state index in [0.717, 1.165) is 17.2 Å². The molecule has 0 atom stereocenters. The first-order valence-corrected chi connectivity index (χ1v) is 12.6. The molecule has 0 radical (unpaired) electrons. The highest BCUT2D eigenvalue weighted by atomic mass is 32.2. The number of sulfonamides is 1. The number of aryl methyl sites for hydroxylation is 2. The molecule has 4 rings (SSSR count). The summed E-state index contributed by atoms with van der Waals surface area (Å²) in [5.41, 5.74) is 3.23. The summed E-state index contributed by atoms with van der Waals surface area (Å²) >= 11 is 0. The highest BCUT2D eigenvalue weighted by Crippen LogP contribution is 2.49. The normalized spacial score (nSPS) is 15.4. The molecule has 166 valence electrons. The molecule has 0 heterocycles. The number of anilines is 1. The van der Waals surface area contributed by atoms with Crippen LogP contribution in [0.25, 0.3) is 11.1 Å². The highest BCUT2D eigenvalue weighted by Gasteiger charge is 2.38. The SMILES string of the molecule is Cc1cc(NS(=O)(=O)C2=CC(=O)CC3=C2c2ccccc23)cc(C)c1S(=O)(=O)C[N+](=O)[O-]. The largest absolute Gasteiger partial charge is 0.305 e. The van der Waals surface area contributed by atoms with Gasteiger partial charge in [0, 0.05) is 28.7 Å². The van der Waals surface area contributed by atoms with Crippen molar-refractivity contribution in [1.82, 2.24) is 0 Å². The Hall–Kier alpha value is -3.31. The third-order valence-corrected chi connectivity index (χ3v) is 8.52. The van der Waals surface area contributed by atoms with Crippen molar-refractivity contribution in [3.8, 4) is 0 Å². The molecule has 0 aromatic heterocycles. The first-order chi connectivity index (χ1) is 14.9. The monoisotopic (exact) mass is 474 g/mol. The number of fused-ring (bicyclic) bond motifs is 3. The zero-order chi connectivity index (χ0) is 23.4. The molecule has 0 aliphatic heterocycles. The Bertz CT molecular complexity index is 1460. The van der Waals surface area contributed by atoms with Gasteiger partial charge in [-0.2, -0.15) is 0 Å². The second-order valence-corrected chi connectivity index (χ2v) is 11.2. The fourth-order valence-electron chi connectivity index (χ4n) is 4.23. The van der Waals surface area contributed by atoms with Gasteiger partial charge in [0.05, 0.1) is 9.80 Å². The quantitative estimate of drug-likeness (QED) is 0.501. The smallest absolute Gasteiger partial charge is 0.294 e. The number of nitro groups is 1. The van der Waals surface area contributed by atoms with Crippen LogP contribution in [0.5, 0.6) is 0 Å². The van der Waals surface area contributed by atoms with Crippen LogP contribution in [0, 0.1) is 24.0 Å². The van der Waals surface area contributed by atoms with Gasteiger partial charge < -0.3 is 0 Å². The molecule has 2 aromatic rings. The zero-order valence-corrected chi connectivity index (χ0v) is 18.7. The Morgan fingerprint density at radius 3 is 2.22 bits per heavy atom. The maximum atomic E-state index is 13.2. The summed E-state index contributed by atoms with van der Waals surface area (Å²) in [6, 6.07) is 9.82. The molecular formula is C21H18N2O7S2. The Morgan fingerprint density at radius 2 is 1.62 bits per heavy atom. The number of nitrogens with one attached hydrogen (secondary N) is 1. The second-order valence-electron chi connectivity index (χ2n) is 7.67. The van der Waals surface area contributed by atoms with Gasteiger partial charge in [0.15, 0.2) is 5.78 Å². The van der Waals surface area contributed by atoms with E-state index < -0.39 is 30.7 Å². The van der Waals surface area contributed by atoms with Crippen molar-refractivity contribution in [2.45, 2.75) is 25.2 Å². The van der Waals surface area contributed by atoms with Gasteiger partial charge >= 0.3 is 5.88 Å². The van der Waals surface area contributed by atoms with Crippen molar-refractivity contribution in [3.63, 3.8) is 0 Å². The van der Waals surface area contributed by atoms with Gasteiger partial charge in [-0.1, -0.05) is 24.3 Å². The van der Waals surface area contributed by atoms with Gasteiger partial charge in [0.25, 0.3) is 10.0 Å². The predicted molar refractivity (Wildman–Crippen MR) is 118 cm³/mol. The van der Waals surface area contributed by atoms with E-state index in [0.29, 0.717) is 11.1 Å². The van der Waals surface area contributed by atoms with Gasteiger partial charge in [-0.05, 0) is 53.8 Å². The first kappa shape index (κ1) is 21.9. The summed E-state index contributed by atoms with van der Waals surface area (Å²) in [6.45, 7) is 2.87. The van der Waals surface area contributed by atoms with Crippen LogP contribution in [0.1, 0.15) is 28.7 Å². The lowest BCUT2D eigenvalue weighted by Gasteiger charge is -2.31. The molecule has 2 aliphatic rings.